The van der Waals surface area contributed by atoms with Crippen LogP contribution in [-0.2, 0) is 17.9 Å². The number of aliphatic hydroxyl groups excluding tert-OH is 1. The van der Waals surface area contributed by atoms with E-state index in [1.165, 1.54) is 0 Å². The van der Waals surface area contributed by atoms with E-state index in [1.807, 2.05) is 19.1 Å². The first-order valence-corrected chi connectivity index (χ1v) is 7.16. The molecule has 0 saturated carbocycles. The number of rotatable bonds is 6. The highest BCUT2D eigenvalue weighted by Gasteiger charge is 2.20. The molecule has 1 amide bonds. The fraction of sp³-hybridized carbons (Fsp3) is 0.353. The number of aryl methyl sites for hydroxylation is 1. The largest absolute Gasteiger partial charge is 0.481 e. The number of hydrogen-bond donors (Lipinski definition) is 1. The van der Waals surface area contributed by atoms with E-state index in [2.05, 4.69) is 0 Å². The number of aliphatic hydroxyl groups is 1. The summed E-state index contributed by atoms with van der Waals surface area (Å²) in [4.78, 5) is 13.9. The fourth-order valence-corrected chi connectivity index (χ4v) is 2.16. The van der Waals surface area contributed by atoms with E-state index in [0.717, 1.165) is 17.1 Å². The average Bonchev–Trinajstić information content (AvgIpc) is 2.91. The van der Waals surface area contributed by atoms with E-state index in [4.69, 9.17) is 14.3 Å². The number of furan rings is 1. The van der Waals surface area contributed by atoms with E-state index in [-0.39, 0.29) is 12.5 Å². The van der Waals surface area contributed by atoms with Gasteiger partial charge in [0, 0.05) is 7.05 Å². The molecule has 0 radical (unpaired) electrons. The Kier molecular flexibility index (Phi) is 5.22. The molecule has 1 atom stereocenters. The molecular formula is C17H21NO4. The fourth-order valence-electron chi connectivity index (χ4n) is 2.16. The maximum Gasteiger partial charge on any atom is 0.263 e. The van der Waals surface area contributed by atoms with E-state index in [0.29, 0.717) is 12.3 Å². The van der Waals surface area contributed by atoms with E-state index < -0.39 is 6.10 Å². The number of amides is 1. The number of benzene rings is 1. The van der Waals surface area contributed by atoms with Crippen LogP contribution in [0.3, 0.4) is 0 Å². The number of ether oxygens (including phenoxy) is 1. The third kappa shape index (κ3) is 4.11. The molecule has 0 aliphatic heterocycles. The Balaban J connectivity index is 1.95. The topological polar surface area (TPSA) is 62.9 Å². The summed E-state index contributed by atoms with van der Waals surface area (Å²) in [5.74, 6) is 1.99. The van der Waals surface area contributed by atoms with Gasteiger partial charge in [-0.3, -0.25) is 4.79 Å². The molecule has 1 N–H and O–H groups in total. The highest BCUT2D eigenvalue weighted by molar-refractivity contribution is 5.80. The first kappa shape index (κ1) is 16.1. The normalized spacial score (nSPS) is 12.0. The summed E-state index contributed by atoms with van der Waals surface area (Å²) in [6.07, 6.45) is -0.616. The lowest BCUT2D eigenvalue weighted by Gasteiger charge is -2.21. The van der Waals surface area contributed by atoms with Crippen molar-refractivity contribution < 1.29 is 19.1 Å². The van der Waals surface area contributed by atoms with E-state index >= 15 is 0 Å². The lowest BCUT2D eigenvalue weighted by Crippen LogP contribution is -2.37. The van der Waals surface area contributed by atoms with Gasteiger partial charge in [-0.15, -0.1) is 0 Å². The number of nitrogens with zero attached hydrogens (tertiary/aromatic N) is 1. The molecule has 5 heteroatoms. The van der Waals surface area contributed by atoms with Gasteiger partial charge in [0.05, 0.1) is 13.2 Å². The molecule has 1 unspecified atom stereocenters. The summed E-state index contributed by atoms with van der Waals surface area (Å²) in [5, 5.41) is 9.12. The van der Waals surface area contributed by atoms with Gasteiger partial charge in [0.25, 0.3) is 5.91 Å². The van der Waals surface area contributed by atoms with Crippen LogP contribution >= 0.6 is 0 Å². The number of carbonyl (C=O) groups is 1. The average molecular weight is 303 g/mol. The maximum atomic E-state index is 12.3. The lowest BCUT2D eigenvalue weighted by molar-refractivity contribution is -0.137. The van der Waals surface area contributed by atoms with Crippen molar-refractivity contribution in [1.82, 2.24) is 4.90 Å². The van der Waals surface area contributed by atoms with Crippen molar-refractivity contribution in [2.45, 2.75) is 33.1 Å². The molecule has 0 spiro atoms. The molecule has 0 saturated heterocycles. The quantitative estimate of drug-likeness (QED) is 0.890. The Bertz CT molecular complexity index is 635. The van der Waals surface area contributed by atoms with Crippen LogP contribution in [0.2, 0.25) is 0 Å². The second-order valence-electron chi connectivity index (χ2n) is 5.27. The van der Waals surface area contributed by atoms with Gasteiger partial charge in [0.15, 0.2) is 6.10 Å². The highest BCUT2D eigenvalue weighted by Crippen LogP contribution is 2.16. The molecule has 0 bridgehead atoms. The standard InChI is InChI=1S/C17H21NO4/c1-12-7-8-16(21-12)10-18(3)17(20)13(2)22-15-6-4-5-14(9-15)11-19/h4-9,13,19H,10-11H2,1-3H3. The second-order valence-corrected chi connectivity index (χ2v) is 5.27. The van der Waals surface area contributed by atoms with Gasteiger partial charge in [0.1, 0.15) is 17.3 Å². The van der Waals surface area contributed by atoms with Crippen molar-refractivity contribution in [2.75, 3.05) is 7.05 Å². The Morgan fingerprint density at radius 2 is 2.14 bits per heavy atom. The van der Waals surface area contributed by atoms with Crippen molar-refractivity contribution in [3.63, 3.8) is 0 Å². The SMILES string of the molecule is Cc1ccc(CN(C)C(=O)C(C)Oc2cccc(CO)c2)o1. The predicted molar refractivity (Wildman–Crippen MR) is 82.4 cm³/mol. The Morgan fingerprint density at radius 1 is 1.36 bits per heavy atom. The smallest absolute Gasteiger partial charge is 0.263 e. The first-order valence-electron chi connectivity index (χ1n) is 7.16. The minimum atomic E-state index is -0.616. The Labute approximate surface area is 130 Å². The molecular weight excluding hydrogens is 282 g/mol. The van der Waals surface area contributed by atoms with E-state index in [9.17, 15) is 4.79 Å². The van der Waals surface area contributed by atoms with Crippen molar-refractivity contribution in [2.24, 2.45) is 0 Å². The zero-order valence-electron chi connectivity index (χ0n) is 13.1. The monoisotopic (exact) mass is 303 g/mol. The van der Waals surface area contributed by atoms with Crippen LogP contribution in [0.25, 0.3) is 0 Å². The molecule has 118 valence electrons. The van der Waals surface area contributed by atoms with Crippen molar-refractivity contribution >= 4 is 5.91 Å². The van der Waals surface area contributed by atoms with Crippen LogP contribution in [0.15, 0.2) is 40.8 Å². The third-order valence-electron chi connectivity index (χ3n) is 3.31. The molecule has 1 aromatic carbocycles. The zero-order valence-corrected chi connectivity index (χ0v) is 13.1. The summed E-state index contributed by atoms with van der Waals surface area (Å²) >= 11 is 0. The van der Waals surface area contributed by atoms with Crippen molar-refractivity contribution in [1.29, 1.82) is 0 Å². The van der Waals surface area contributed by atoms with Crippen LogP contribution in [0, 0.1) is 6.92 Å². The molecule has 2 rings (SSSR count). The molecule has 0 fully saturated rings. The van der Waals surface area contributed by atoms with Gasteiger partial charge in [-0.25, -0.2) is 0 Å². The molecule has 2 aromatic rings. The lowest BCUT2D eigenvalue weighted by atomic mass is 10.2. The molecule has 5 nitrogen and oxygen atoms in total. The molecule has 0 aliphatic carbocycles. The molecule has 1 aromatic heterocycles. The van der Waals surface area contributed by atoms with Crippen LogP contribution in [0.5, 0.6) is 5.75 Å². The van der Waals surface area contributed by atoms with E-state index in [1.54, 1.807) is 43.1 Å². The van der Waals surface area contributed by atoms with Crippen molar-refractivity contribution in [3.8, 4) is 5.75 Å². The summed E-state index contributed by atoms with van der Waals surface area (Å²) in [6.45, 7) is 3.91. The van der Waals surface area contributed by atoms with Crippen LogP contribution < -0.4 is 4.74 Å². The first-order chi connectivity index (χ1) is 10.5. The van der Waals surface area contributed by atoms with Crippen LogP contribution in [-0.4, -0.2) is 29.1 Å². The van der Waals surface area contributed by atoms with Gasteiger partial charge in [0.2, 0.25) is 0 Å². The minimum Gasteiger partial charge on any atom is -0.481 e. The summed E-state index contributed by atoms with van der Waals surface area (Å²) in [7, 11) is 1.71. The molecule has 1 heterocycles. The van der Waals surface area contributed by atoms with Gasteiger partial charge in [-0.2, -0.15) is 0 Å². The van der Waals surface area contributed by atoms with Gasteiger partial charge in [-0.1, -0.05) is 12.1 Å². The molecule has 22 heavy (non-hydrogen) atoms. The zero-order chi connectivity index (χ0) is 16.1. The Hall–Kier alpha value is -2.27. The minimum absolute atomic E-state index is 0.0583. The Morgan fingerprint density at radius 3 is 2.77 bits per heavy atom. The number of likely N-dealkylation sites (N-methyl/N-ethyl adjacent to an activating group) is 1. The number of carbonyl (C=O) groups excluding carboxylic acids is 1. The highest BCUT2D eigenvalue weighted by atomic mass is 16.5. The van der Waals surface area contributed by atoms with Crippen LogP contribution in [0.1, 0.15) is 24.0 Å². The third-order valence-corrected chi connectivity index (χ3v) is 3.31. The summed E-state index contributed by atoms with van der Waals surface area (Å²) < 4.78 is 11.1. The summed E-state index contributed by atoms with van der Waals surface area (Å²) in [6, 6.07) is 10.8. The van der Waals surface area contributed by atoms with Gasteiger partial charge < -0.3 is 19.2 Å². The predicted octanol–water partition coefficient (Wildman–Crippen LogP) is 2.51. The van der Waals surface area contributed by atoms with Crippen molar-refractivity contribution in [3.05, 3.63) is 53.5 Å². The maximum absolute atomic E-state index is 12.3. The van der Waals surface area contributed by atoms with Crippen LogP contribution in [0.4, 0.5) is 0 Å². The van der Waals surface area contributed by atoms with Gasteiger partial charge >= 0.3 is 0 Å². The second kappa shape index (κ2) is 7.13. The van der Waals surface area contributed by atoms with Gasteiger partial charge in [-0.05, 0) is 43.7 Å². The molecule has 0 aliphatic rings. The number of hydrogen-bond acceptors (Lipinski definition) is 4. The summed E-state index contributed by atoms with van der Waals surface area (Å²) in [5.41, 5.74) is 0.747.